The van der Waals surface area contributed by atoms with Gasteiger partial charge < -0.3 is 9.15 Å². The van der Waals surface area contributed by atoms with Gasteiger partial charge in [0, 0.05) is 10.6 Å². The van der Waals surface area contributed by atoms with E-state index in [1.165, 1.54) is 31.5 Å². The molecule has 1 aromatic heterocycles. The molecule has 150 valence electrons. The number of carbonyl (C=O) groups excluding carboxylic acids is 1. The summed E-state index contributed by atoms with van der Waals surface area (Å²) in [5.41, 5.74) is 1.68. The molecule has 1 heterocycles. The maximum atomic E-state index is 12.2. The molecule has 0 aliphatic heterocycles. The van der Waals surface area contributed by atoms with E-state index in [1.807, 2.05) is 6.92 Å². The third kappa shape index (κ3) is 4.85. The van der Waals surface area contributed by atoms with Gasteiger partial charge >= 0.3 is 5.97 Å². The summed E-state index contributed by atoms with van der Waals surface area (Å²) in [4.78, 5) is 14.2. The largest absolute Gasteiger partial charge is 0.465 e. The molecule has 0 unspecified atom stereocenters. The molecule has 2 aromatic carbocycles. The Morgan fingerprint density at radius 3 is 2.55 bits per heavy atom. The summed E-state index contributed by atoms with van der Waals surface area (Å²) in [6.45, 7) is 1.86. The summed E-state index contributed by atoms with van der Waals surface area (Å²) in [5, 5.41) is 4.16. The average Bonchev–Trinajstić information content (AvgIpc) is 3.16. The van der Waals surface area contributed by atoms with Gasteiger partial charge in [0.05, 0.1) is 23.8 Å². The lowest BCUT2D eigenvalue weighted by Gasteiger charge is -2.06. The van der Waals surface area contributed by atoms with Crippen molar-refractivity contribution < 1.29 is 22.4 Å². The van der Waals surface area contributed by atoms with Crippen LogP contribution in [0.4, 0.5) is 0 Å². The normalized spacial score (nSPS) is 11.6. The Morgan fingerprint density at radius 2 is 1.86 bits per heavy atom. The molecule has 0 aliphatic rings. The number of hydrogen-bond donors (Lipinski definition) is 1. The first kappa shape index (κ1) is 20.6. The molecule has 0 saturated heterocycles. The van der Waals surface area contributed by atoms with Crippen LogP contribution in [0.5, 0.6) is 0 Å². The summed E-state index contributed by atoms with van der Waals surface area (Å²) in [6, 6.07) is 14.3. The lowest BCUT2D eigenvalue weighted by atomic mass is 10.1. The predicted octanol–water partition coefficient (Wildman–Crippen LogP) is 4.01. The minimum Gasteiger partial charge on any atom is -0.465 e. The zero-order valence-corrected chi connectivity index (χ0v) is 17.1. The average molecular weight is 433 g/mol. The molecule has 7 nitrogen and oxygen atoms in total. The number of nitrogens with zero attached hydrogens (tertiary/aromatic N) is 1. The number of nitrogens with one attached hydrogen (secondary N) is 1. The molecule has 0 bridgehead atoms. The van der Waals surface area contributed by atoms with Crippen molar-refractivity contribution in [3.63, 3.8) is 0 Å². The lowest BCUT2D eigenvalue weighted by Crippen LogP contribution is -2.18. The minimum absolute atomic E-state index is 0.0991. The second-order valence-electron chi connectivity index (χ2n) is 6.05. The fourth-order valence-electron chi connectivity index (χ4n) is 2.50. The molecule has 0 saturated carbocycles. The number of aryl methyl sites for hydroxylation is 1. The Hall–Kier alpha value is -3.10. The smallest absolute Gasteiger partial charge is 0.338 e. The van der Waals surface area contributed by atoms with Crippen LogP contribution >= 0.6 is 11.6 Å². The first-order valence-corrected chi connectivity index (χ1v) is 10.3. The maximum absolute atomic E-state index is 12.2. The number of benzene rings is 2. The van der Waals surface area contributed by atoms with E-state index in [0.29, 0.717) is 16.3 Å². The van der Waals surface area contributed by atoms with Crippen LogP contribution in [0.2, 0.25) is 5.02 Å². The van der Waals surface area contributed by atoms with Crippen LogP contribution in [0, 0.1) is 6.92 Å². The number of esters is 1. The van der Waals surface area contributed by atoms with Crippen molar-refractivity contribution in [3.8, 4) is 11.3 Å². The Bertz CT molecular complexity index is 1170. The van der Waals surface area contributed by atoms with Crippen molar-refractivity contribution in [2.45, 2.75) is 11.8 Å². The van der Waals surface area contributed by atoms with Gasteiger partial charge in [-0.2, -0.15) is 18.4 Å². The van der Waals surface area contributed by atoms with E-state index in [0.717, 1.165) is 5.56 Å². The number of methoxy groups -OCH3 is 1. The van der Waals surface area contributed by atoms with Crippen LogP contribution in [0.3, 0.4) is 0 Å². The SMILES string of the molecule is COC(=O)c1ccc(Cl)cc1-c1ccc(/C=N\NS(=O)(=O)c2ccc(C)cc2)o1. The Labute approximate surface area is 173 Å². The van der Waals surface area contributed by atoms with Crippen LogP contribution < -0.4 is 4.83 Å². The zero-order valence-electron chi connectivity index (χ0n) is 15.5. The summed E-state index contributed by atoms with van der Waals surface area (Å²) in [7, 11) is -2.51. The number of rotatable bonds is 6. The van der Waals surface area contributed by atoms with Gasteiger partial charge in [0.2, 0.25) is 0 Å². The van der Waals surface area contributed by atoms with Crippen LogP contribution in [-0.4, -0.2) is 27.7 Å². The highest BCUT2D eigenvalue weighted by molar-refractivity contribution is 7.89. The number of halogens is 1. The number of ether oxygens (including phenoxy) is 1. The molecule has 0 aliphatic carbocycles. The number of hydrogen-bond acceptors (Lipinski definition) is 6. The fourth-order valence-corrected chi connectivity index (χ4v) is 3.47. The van der Waals surface area contributed by atoms with Gasteiger partial charge in [-0.3, -0.25) is 0 Å². The van der Waals surface area contributed by atoms with Gasteiger partial charge in [-0.25, -0.2) is 4.79 Å². The van der Waals surface area contributed by atoms with E-state index >= 15 is 0 Å². The molecule has 0 spiro atoms. The monoisotopic (exact) mass is 432 g/mol. The van der Waals surface area contributed by atoms with E-state index in [2.05, 4.69) is 9.93 Å². The van der Waals surface area contributed by atoms with Crippen LogP contribution in [0.15, 0.2) is 69.0 Å². The second kappa shape index (κ2) is 8.50. The van der Waals surface area contributed by atoms with Gasteiger partial charge in [-0.1, -0.05) is 29.3 Å². The fraction of sp³-hybridized carbons (Fsp3) is 0.100. The first-order chi connectivity index (χ1) is 13.8. The molecule has 0 atom stereocenters. The summed E-state index contributed by atoms with van der Waals surface area (Å²) < 4.78 is 34.9. The molecule has 0 amide bonds. The number of carbonyl (C=O) groups is 1. The Kier molecular flexibility index (Phi) is 6.05. The molecular formula is C20H17ClN2O5S. The van der Waals surface area contributed by atoms with Crippen molar-refractivity contribution in [3.05, 3.63) is 76.5 Å². The van der Waals surface area contributed by atoms with Gasteiger partial charge in [0.1, 0.15) is 11.5 Å². The van der Waals surface area contributed by atoms with E-state index in [9.17, 15) is 13.2 Å². The third-order valence-electron chi connectivity index (χ3n) is 3.98. The molecule has 9 heteroatoms. The number of hydrazone groups is 1. The van der Waals surface area contributed by atoms with Crippen molar-refractivity contribution in [1.29, 1.82) is 0 Å². The predicted molar refractivity (Wildman–Crippen MR) is 110 cm³/mol. The highest BCUT2D eigenvalue weighted by Crippen LogP contribution is 2.29. The van der Waals surface area contributed by atoms with Crippen LogP contribution in [0.1, 0.15) is 21.7 Å². The van der Waals surface area contributed by atoms with E-state index in [1.54, 1.807) is 36.4 Å². The van der Waals surface area contributed by atoms with Crippen LogP contribution in [-0.2, 0) is 14.8 Å². The molecule has 3 rings (SSSR count). The van der Waals surface area contributed by atoms with Gasteiger partial charge in [0.15, 0.2) is 0 Å². The molecular weight excluding hydrogens is 416 g/mol. The third-order valence-corrected chi connectivity index (χ3v) is 5.45. The van der Waals surface area contributed by atoms with Gasteiger partial charge in [-0.05, 0) is 49.4 Å². The lowest BCUT2D eigenvalue weighted by molar-refractivity contribution is 0.0601. The summed E-state index contributed by atoms with van der Waals surface area (Å²) >= 11 is 6.03. The molecule has 1 N–H and O–H groups in total. The first-order valence-electron chi connectivity index (χ1n) is 8.40. The molecule has 0 fully saturated rings. The van der Waals surface area contributed by atoms with Crippen LogP contribution in [0.25, 0.3) is 11.3 Å². The summed E-state index contributed by atoms with van der Waals surface area (Å²) in [5.74, 6) is 0.104. The summed E-state index contributed by atoms with van der Waals surface area (Å²) in [6.07, 6.45) is 1.22. The molecule has 29 heavy (non-hydrogen) atoms. The zero-order chi connectivity index (χ0) is 21.0. The molecule has 3 aromatic rings. The van der Waals surface area contributed by atoms with E-state index in [-0.39, 0.29) is 16.2 Å². The second-order valence-corrected chi connectivity index (χ2v) is 8.15. The topological polar surface area (TPSA) is 98.0 Å². The standard InChI is InChI=1S/C20H17ClN2O5S/c1-13-3-7-16(8-4-13)29(25,26)23-22-12-15-6-10-19(28-15)18-11-14(21)5-9-17(18)20(24)27-2/h3-12,23H,1-2H3/b22-12-. The quantitative estimate of drug-likeness (QED) is 0.360. The Morgan fingerprint density at radius 1 is 1.14 bits per heavy atom. The van der Waals surface area contributed by atoms with Crippen molar-refractivity contribution in [1.82, 2.24) is 4.83 Å². The van der Waals surface area contributed by atoms with Gasteiger partial charge in [0.25, 0.3) is 10.0 Å². The number of furan rings is 1. The minimum atomic E-state index is -3.79. The van der Waals surface area contributed by atoms with E-state index in [4.69, 9.17) is 20.8 Å². The molecule has 0 radical (unpaired) electrons. The van der Waals surface area contributed by atoms with Crippen molar-refractivity contribution in [2.75, 3.05) is 7.11 Å². The van der Waals surface area contributed by atoms with Crippen molar-refractivity contribution in [2.24, 2.45) is 5.10 Å². The van der Waals surface area contributed by atoms with E-state index < -0.39 is 16.0 Å². The van der Waals surface area contributed by atoms with Crippen molar-refractivity contribution >= 4 is 33.8 Å². The van der Waals surface area contributed by atoms with Gasteiger partial charge in [-0.15, -0.1) is 0 Å². The Balaban J connectivity index is 1.80. The maximum Gasteiger partial charge on any atom is 0.338 e. The highest BCUT2D eigenvalue weighted by Gasteiger charge is 2.17. The highest BCUT2D eigenvalue weighted by atomic mass is 35.5. The number of sulfonamides is 1.